The van der Waals surface area contributed by atoms with Crippen LogP contribution < -0.4 is 0 Å². The molecule has 1 aromatic rings. The molecule has 1 aliphatic rings. The number of hydrogen-bond acceptors (Lipinski definition) is 4. The average molecular weight is 225 g/mol. The number of hydrogen-bond donors (Lipinski definition) is 2. The number of imidazole rings is 1. The lowest BCUT2D eigenvalue weighted by Crippen LogP contribution is -2.41. The number of rotatable bonds is 3. The molecule has 1 saturated heterocycles. The number of carboxylic acid groups (broad SMARTS) is 1. The van der Waals surface area contributed by atoms with Crippen LogP contribution in [-0.4, -0.2) is 52.2 Å². The Bertz CT molecular complexity index is 377. The number of aromatic amines is 1. The van der Waals surface area contributed by atoms with Crippen molar-refractivity contribution in [2.45, 2.75) is 13.0 Å². The predicted octanol–water partition coefficient (Wildman–Crippen LogP) is 0.176. The number of aryl methyl sites for hydroxylation is 1. The number of H-pyrrole nitrogens is 1. The van der Waals surface area contributed by atoms with E-state index in [0.717, 1.165) is 11.5 Å². The molecule has 0 spiro atoms. The fourth-order valence-corrected chi connectivity index (χ4v) is 1.80. The topological polar surface area (TPSA) is 78.5 Å². The molecule has 0 saturated carbocycles. The predicted molar refractivity (Wildman–Crippen MR) is 56.1 cm³/mol. The van der Waals surface area contributed by atoms with Crippen molar-refractivity contribution in [2.75, 3.05) is 26.2 Å². The zero-order valence-electron chi connectivity index (χ0n) is 9.14. The molecule has 88 valence electrons. The summed E-state index contributed by atoms with van der Waals surface area (Å²) >= 11 is 0. The van der Waals surface area contributed by atoms with Crippen molar-refractivity contribution in [3.8, 4) is 0 Å². The van der Waals surface area contributed by atoms with E-state index >= 15 is 0 Å². The summed E-state index contributed by atoms with van der Waals surface area (Å²) in [5.41, 5.74) is 0.981. The van der Waals surface area contributed by atoms with Gasteiger partial charge in [0.15, 0.2) is 0 Å². The lowest BCUT2D eigenvalue weighted by Gasteiger charge is -2.30. The summed E-state index contributed by atoms with van der Waals surface area (Å²) in [7, 11) is 0. The van der Waals surface area contributed by atoms with E-state index in [1.807, 2.05) is 11.8 Å². The summed E-state index contributed by atoms with van der Waals surface area (Å²) in [4.78, 5) is 19.8. The molecule has 2 rings (SSSR count). The molecule has 0 radical (unpaired) electrons. The van der Waals surface area contributed by atoms with Gasteiger partial charge in [-0.05, 0) is 6.92 Å². The van der Waals surface area contributed by atoms with Gasteiger partial charge in [-0.1, -0.05) is 0 Å². The molecule has 16 heavy (non-hydrogen) atoms. The van der Waals surface area contributed by atoms with Crippen molar-refractivity contribution in [3.63, 3.8) is 0 Å². The third kappa shape index (κ3) is 2.59. The van der Waals surface area contributed by atoms with Crippen LogP contribution in [0.1, 0.15) is 17.6 Å². The summed E-state index contributed by atoms with van der Waals surface area (Å²) < 4.78 is 5.56. The smallest absolute Gasteiger partial charge is 0.317 e. The minimum atomic E-state index is -0.809. The van der Waals surface area contributed by atoms with Crippen LogP contribution in [0.4, 0.5) is 0 Å². The number of aromatic nitrogens is 2. The monoisotopic (exact) mass is 225 g/mol. The molecular formula is C10H15N3O3. The van der Waals surface area contributed by atoms with E-state index in [1.54, 1.807) is 6.20 Å². The van der Waals surface area contributed by atoms with E-state index in [2.05, 4.69) is 9.97 Å². The molecule has 6 heteroatoms. The molecule has 1 aromatic heterocycles. The summed E-state index contributed by atoms with van der Waals surface area (Å²) in [5, 5.41) is 8.72. The SMILES string of the molecule is Cc1cnc([C@@H]2CN(CC(=O)O)CCO2)[nH]1. The first-order valence-corrected chi connectivity index (χ1v) is 5.22. The lowest BCUT2D eigenvalue weighted by atomic mass is 10.2. The van der Waals surface area contributed by atoms with Gasteiger partial charge in [0.2, 0.25) is 0 Å². The third-order valence-corrected chi connectivity index (χ3v) is 2.54. The first-order valence-electron chi connectivity index (χ1n) is 5.22. The summed E-state index contributed by atoms with van der Waals surface area (Å²) in [5.74, 6) is -0.0381. The van der Waals surface area contributed by atoms with Gasteiger partial charge in [0.05, 0.1) is 13.2 Å². The van der Waals surface area contributed by atoms with Crippen LogP contribution >= 0.6 is 0 Å². The van der Waals surface area contributed by atoms with Crippen LogP contribution in [0.3, 0.4) is 0 Å². The number of nitrogens with zero attached hydrogens (tertiary/aromatic N) is 2. The quantitative estimate of drug-likeness (QED) is 0.767. The van der Waals surface area contributed by atoms with E-state index in [1.165, 1.54) is 0 Å². The van der Waals surface area contributed by atoms with Crippen LogP contribution in [0, 0.1) is 6.92 Å². The highest BCUT2D eigenvalue weighted by Crippen LogP contribution is 2.19. The van der Waals surface area contributed by atoms with Crippen molar-refractivity contribution in [3.05, 3.63) is 17.7 Å². The lowest BCUT2D eigenvalue weighted by molar-refractivity contribution is -0.140. The Hall–Kier alpha value is -1.40. The van der Waals surface area contributed by atoms with Crippen molar-refractivity contribution in [2.24, 2.45) is 0 Å². The molecule has 1 atom stereocenters. The van der Waals surface area contributed by atoms with Crippen molar-refractivity contribution in [1.29, 1.82) is 0 Å². The maximum atomic E-state index is 10.6. The van der Waals surface area contributed by atoms with Gasteiger partial charge in [-0.2, -0.15) is 0 Å². The minimum Gasteiger partial charge on any atom is -0.480 e. The average Bonchev–Trinajstić information content (AvgIpc) is 2.64. The zero-order chi connectivity index (χ0) is 11.5. The second-order valence-electron chi connectivity index (χ2n) is 3.94. The molecule has 0 aliphatic carbocycles. The van der Waals surface area contributed by atoms with Crippen LogP contribution in [0.15, 0.2) is 6.20 Å². The molecule has 2 N–H and O–H groups in total. The highest BCUT2D eigenvalue weighted by molar-refractivity contribution is 5.69. The van der Waals surface area contributed by atoms with Gasteiger partial charge >= 0.3 is 5.97 Å². The Kier molecular flexibility index (Phi) is 3.21. The molecule has 0 amide bonds. The first-order chi connectivity index (χ1) is 7.65. The largest absolute Gasteiger partial charge is 0.480 e. The zero-order valence-corrected chi connectivity index (χ0v) is 9.14. The van der Waals surface area contributed by atoms with Gasteiger partial charge in [0.1, 0.15) is 11.9 Å². The number of aliphatic carboxylic acids is 1. The molecule has 0 unspecified atom stereocenters. The second-order valence-corrected chi connectivity index (χ2v) is 3.94. The summed E-state index contributed by atoms with van der Waals surface area (Å²) in [6.45, 7) is 3.74. The molecule has 0 aromatic carbocycles. The molecule has 2 heterocycles. The molecule has 6 nitrogen and oxygen atoms in total. The van der Waals surface area contributed by atoms with Gasteiger partial charge in [-0.15, -0.1) is 0 Å². The van der Waals surface area contributed by atoms with Crippen LogP contribution in [0.2, 0.25) is 0 Å². The third-order valence-electron chi connectivity index (χ3n) is 2.54. The van der Waals surface area contributed by atoms with E-state index in [9.17, 15) is 4.79 Å². The number of nitrogens with one attached hydrogen (secondary N) is 1. The highest BCUT2D eigenvalue weighted by atomic mass is 16.5. The van der Waals surface area contributed by atoms with Gasteiger partial charge in [0.25, 0.3) is 0 Å². The van der Waals surface area contributed by atoms with E-state index in [0.29, 0.717) is 19.7 Å². The van der Waals surface area contributed by atoms with Crippen LogP contribution in [-0.2, 0) is 9.53 Å². The second kappa shape index (κ2) is 4.63. The van der Waals surface area contributed by atoms with Crippen LogP contribution in [0.5, 0.6) is 0 Å². The van der Waals surface area contributed by atoms with E-state index < -0.39 is 5.97 Å². The van der Waals surface area contributed by atoms with Gasteiger partial charge in [-0.3, -0.25) is 9.69 Å². The minimum absolute atomic E-state index is 0.0551. The molecule has 1 aliphatic heterocycles. The van der Waals surface area contributed by atoms with Gasteiger partial charge < -0.3 is 14.8 Å². The van der Waals surface area contributed by atoms with E-state index in [-0.39, 0.29) is 12.6 Å². The van der Waals surface area contributed by atoms with Gasteiger partial charge in [-0.25, -0.2) is 4.98 Å². The Morgan fingerprint density at radius 2 is 2.62 bits per heavy atom. The Morgan fingerprint density at radius 3 is 3.25 bits per heavy atom. The Morgan fingerprint density at radius 1 is 1.81 bits per heavy atom. The maximum Gasteiger partial charge on any atom is 0.317 e. The van der Waals surface area contributed by atoms with Crippen LogP contribution in [0.25, 0.3) is 0 Å². The van der Waals surface area contributed by atoms with Crippen molar-refractivity contribution >= 4 is 5.97 Å². The fraction of sp³-hybridized carbons (Fsp3) is 0.600. The van der Waals surface area contributed by atoms with Gasteiger partial charge in [0, 0.05) is 25.0 Å². The number of ether oxygens (including phenoxy) is 1. The number of carbonyl (C=O) groups is 1. The normalized spacial score (nSPS) is 22.2. The standard InChI is InChI=1S/C10H15N3O3/c1-7-4-11-10(12-7)8-5-13(2-3-16-8)6-9(14)15/h4,8H,2-3,5-6H2,1H3,(H,11,12)(H,14,15)/t8-/m0/s1. The number of carboxylic acids is 1. The van der Waals surface area contributed by atoms with Crippen molar-refractivity contribution < 1.29 is 14.6 Å². The fourth-order valence-electron chi connectivity index (χ4n) is 1.80. The number of morpholine rings is 1. The Labute approximate surface area is 93.2 Å². The highest BCUT2D eigenvalue weighted by Gasteiger charge is 2.24. The molecule has 1 fully saturated rings. The van der Waals surface area contributed by atoms with Crippen molar-refractivity contribution in [1.82, 2.24) is 14.9 Å². The first kappa shape index (κ1) is 11.1. The summed E-state index contributed by atoms with van der Waals surface area (Å²) in [6.07, 6.45) is 1.59. The Balaban J connectivity index is 1.99. The van der Waals surface area contributed by atoms with E-state index in [4.69, 9.17) is 9.84 Å². The molecule has 0 bridgehead atoms. The maximum absolute atomic E-state index is 10.6. The summed E-state index contributed by atoms with van der Waals surface area (Å²) in [6, 6.07) is 0. The molecular weight excluding hydrogens is 210 g/mol.